The van der Waals surface area contributed by atoms with E-state index in [1.165, 1.54) is 30.3 Å². The highest BCUT2D eigenvalue weighted by atomic mass is 35.5. The molecule has 0 saturated heterocycles. The summed E-state index contributed by atoms with van der Waals surface area (Å²) in [6, 6.07) is 10.4. The summed E-state index contributed by atoms with van der Waals surface area (Å²) in [5.41, 5.74) is 0.948. The van der Waals surface area contributed by atoms with E-state index in [2.05, 4.69) is 14.8 Å². The van der Waals surface area contributed by atoms with E-state index in [4.69, 9.17) is 16.3 Å². The van der Waals surface area contributed by atoms with E-state index in [0.29, 0.717) is 0 Å². The number of hydrogen-bond acceptors (Lipinski definition) is 6. The molecule has 0 atom stereocenters. The van der Waals surface area contributed by atoms with Gasteiger partial charge in [-0.2, -0.15) is 0 Å². The van der Waals surface area contributed by atoms with Gasteiger partial charge in [0, 0.05) is 19.1 Å². The Hall–Kier alpha value is -2.18. The minimum atomic E-state index is -3.69. The first-order valence-electron chi connectivity index (χ1n) is 10.8. The molecule has 1 aliphatic carbocycles. The number of nitrogens with one attached hydrogen (secondary N) is 3. The van der Waals surface area contributed by atoms with Crippen LogP contribution in [0.4, 0.5) is 0 Å². The zero-order valence-corrected chi connectivity index (χ0v) is 21.1. The van der Waals surface area contributed by atoms with Crippen LogP contribution >= 0.6 is 11.6 Å². The summed E-state index contributed by atoms with van der Waals surface area (Å²) in [7, 11) is -7.35. The second kappa shape index (κ2) is 11.5. The summed E-state index contributed by atoms with van der Waals surface area (Å²) in [6.45, 7) is 1.56. The van der Waals surface area contributed by atoms with E-state index in [-0.39, 0.29) is 46.3 Å². The number of carbonyl (C=O) groups is 1. The van der Waals surface area contributed by atoms with Crippen molar-refractivity contribution in [2.75, 3.05) is 19.7 Å². The van der Waals surface area contributed by atoms with Crippen molar-refractivity contribution in [2.45, 2.75) is 48.4 Å². The smallest absolute Gasteiger partial charge is 0.257 e. The molecule has 12 heteroatoms. The summed E-state index contributed by atoms with van der Waals surface area (Å²) in [5, 5.41) is 2.60. The molecular weight excluding hydrogens is 502 g/mol. The zero-order valence-electron chi connectivity index (χ0n) is 18.7. The van der Waals surface area contributed by atoms with Crippen molar-refractivity contribution in [1.29, 1.82) is 0 Å². The molecule has 0 heterocycles. The molecule has 2 aromatic rings. The molecule has 0 aromatic heterocycles. The molecule has 1 fully saturated rings. The molecule has 3 N–H and O–H groups in total. The average molecular weight is 530 g/mol. The molecule has 0 unspecified atom stereocenters. The van der Waals surface area contributed by atoms with Gasteiger partial charge < -0.3 is 10.1 Å². The number of carbonyl (C=O) groups excluding carboxylic acids is 1. The molecule has 3 rings (SSSR count). The van der Waals surface area contributed by atoms with Gasteiger partial charge in [-0.3, -0.25) is 4.79 Å². The molecule has 34 heavy (non-hydrogen) atoms. The molecule has 1 aliphatic rings. The lowest BCUT2D eigenvalue weighted by molar-refractivity contribution is -0.123. The predicted molar refractivity (Wildman–Crippen MR) is 129 cm³/mol. The fraction of sp³-hybridized carbons (Fsp3) is 0.409. The number of ether oxygens (including phenoxy) is 1. The Morgan fingerprint density at radius 3 is 2.26 bits per heavy atom. The number of aryl methyl sites for hydroxylation is 1. The van der Waals surface area contributed by atoms with Crippen molar-refractivity contribution >= 4 is 37.6 Å². The van der Waals surface area contributed by atoms with E-state index >= 15 is 0 Å². The first-order valence-corrected chi connectivity index (χ1v) is 14.2. The first-order chi connectivity index (χ1) is 16.1. The van der Waals surface area contributed by atoms with Gasteiger partial charge >= 0.3 is 0 Å². The summed E-state index contributed by atoms with van der Waals surface area (Å²) in [6.07, 6.45) is 3.64. The van der Waals surface area contributed by atoms with E-state index in [9.17, 15) is 21.6 Å². The Balaban J connectivity index is 1.44. The molecule has 2 aromatic carbocycles. The Morgan fingerprint density at radius 2 is 1.62 bits per heavy atom. The second-order valence-corrected chi connectivity index (χ2v) is 11.9. The molecule has 1 amide bonds. The maximum atomic E-state index is 12.5. The van der Waals surface area contributed by atoms with Crippen molar-refractivity contribution in [3.63, 3.8) is 0 Å². The third-order valence-corrected chi connectivity index (χ3v) is 8.61. The fourth-order valence-electron chi connectivity index (χ4n) is 3.48. The van der Waals surface area contributed by atoms with Gasteiger partial charge in [0.1, 0.15) is 5.75 Å². The monoisotopic (exact) mass is 529 g/mol. The number of hydrogen-bond donors (Lipinski definition) is 3. The van der Waals surface area contributed by atoms with Gasteiger partial charge in [-0.15, -0.1) is 0 Å². The molecule has 0 aliphatic heterocycles. The molecular formula is C22H28ClN3O6S2. The van der Waals surface area contributed by atoms with Crippen LogP contribution in [0.2, 0.25) is 5.02 Å². The first kappa shape index (κ1) is 26.4. The van der Waals surface area contributed by atoms with Gasteiger partial charge in [0.2, 0.25) is 20.0 Å². The highest BCUT2D eigenvalue weighted by Gasteiger charge is 2.23. The van der Waals surface area contributed by atoms with Crippen LogP contribution < -0.4 is 19.5 Å². The van der Waals surface area contributed by atoms with Gasteiger partial charge in [0.25, 0.3) is 5.91 Å². The standard InChI is InChI=1S/C22H28ClN3O6S2/c1-16-6-8-18(9-7-16)33(28,29)25-13-12-24-22(27)15-32-21-11-10-19(14-20(21)23)34(30,31)26-17-4-2-3-5-17/h6-11,14,17,25-26H,2-5,12-13,15H2,1H3,(H,24,27). The number of amides is 1. The number of benzene rings is 2. The minimum absolute atomic E-state index is 0.00323. The largest absolute Gasteiger partial charge is 0.482 e. The molecule has 186 valence electrons. The summed E-state index contributed by atoms with van der Waals surface area (Å²) < 4.78 is 59.9. The molecule has 0 radical (unpaired) electrons. The second-order valence-electron chi connectivity index (χ2n) is 8.04. The van der Waals surface area contributed by atoms with E-state index in [1.54, 1.807) is 12.1 Å². The zero-order chi connectivity index (χ0) is 24.8. The molecule has 0 bridgehead atoms. The van der Waals surface area contributed by atoms with Crippen molar-refractivity contribution in [2.24, 2.45) is 0 Å². The van der Waals surface area contributed by atoms with Crippen LogP contribution in [0.15, 0.2) is 52.3 Å². The lowest BCUT2D eigenvalue weighted by Gasteiger charge is -2.14. The Bertz CT molecular complexity index is 1210. The topological polar surface area (TPSA) is 131 Å². The van der Waals surface area contributed by atoms with Gasteiger partial charge in [-0.05, 0) is 50.1 Å². The van der Waals surface area contributed by atoms with Crippen LogP contribution in [-0.2, 0) is 24.8 Å². The summed E-state index contributed by atoms with van der Waals surface area (Å²) in [5.74, 6) is -0.318. The molecule has 0 spiro atoms. The highest BCUT2D eigenvalue weighted by molar-refractivity contribution is 7.89. The van der Waals surface area contributed by atoms with Crippen LogP contribution in [0, 0.1) is 6.92 Å². The van der Waals surface area contributed by atoms with Crippen LogP contribution in [0.3, 0.4) is 0 Å². The SMILES string of the molecule is Cc1ccc(S(=O)(=O)NCCNC(=O)COc2ccc(S(=O)(=O)NC3CCCC3)cc2Cl)cc1. The number of halogens is 1. The lowest BCUT2D eigenvalue weighted by Crippen LogP contribution is -2.36. The fourth-order valence-corrected chi connectivity index (χ4v) is 6.14. The maximum absolute atomic E-state index is 12.5. The van der Waals surface area contributed by atoms with Crippen LogP contribution in [0.25, 0.3) is 0 Å². The maximum Gasteiger partial charge on any atom is 0.257 e. The molecule has 1 saturated carbocycles. The molecule has 9 nitrogen and oxygen atoms in total. The Kier molecular flexibility index (Phi) is 8.94. The minimum Gasteiger partial charge on any atom is -0.482 e. The Morgan fingerprint density at radius 1 is 0.971 bits per heavy atom. The number of rotatable bonds is 11. The summed E-state index contributed by atoms with van der Waals surface area (Å²) >= 11 is 6.15. The van der Waals surface area contributed by atoms with E-state index in [0.717, 1.165) is 31.2 Å². The van der Waals surface area contributed by atoms with Crippen LogP contribution in [-0.4, -0.2) is 48.5 Å². The quantitative estimate of drug-likeness (QED) is 0.383. The average Bonchev–Trinajstić information content (AvgIpc) is 3.28. The van der Waals surface area contributed by atoms with Gasteiger partial charge in [-0.25, -0.2) is 26.3 Å². The van der Waals surface area contributed by atoms with E-state index < -0.39 is 26.0 Å². The van der Waals surface area contributed by atoms with Crippen LogP contribution in [0.5, 0.6) is 5.75 Å². The third kappa shape index (κ3) is 7.41. The van der Waals surface area contributed by atoms with Crippen molar-refractivity contribution < 1.29 is 26.4 Å². The van der Waals surface area contributed by atoms with Crippen molar-refractivity contribution in [1.82, 2.24) is 14.8 Å². The van der Waals surface area contributed by atoms with Gasteiger partial charge in [0.15, 0.2) is 6.61 Å². The van der Waals surface area contributed by atoms with Crippen molar-refractivity contribution in [3.05, 3.63) is 53.1 Å². The summed E-state index contributed by atoms with van der Waals surface area (Å²) in [4.78, 5) is 12.2. The highest BCUT2D eigenvalue weighted by Crippen LogP contribution is 2.28. The number of sulfonamides is 2. The lowest BCUT2D eigenvalue weighted by atomic mass is 10.2. The van der Waals surface area contributed by atoms with Gasteiger partial charge in [-0.1, -0.05) is 42.1 Å². The van der Waals surface area contributed by atoms with Gasteiger partial charge in [0.05, 0.1) is 14.8 Å². The Labute approximate surface area is 205 Å². The van der Waals surface area contributed by atoms with E-state index in [1.807, 2.05) is 6.92 Å². The normalized spacial score (nSPS) is 14.8. The van der Waals surface area contributed by atoms with Crippen molar-refractivity contribution in [3.8, 4) is 5.75 Å². The third-order valence-electron chi connectivity index (χ3n) is 5.32. The predicted octanol–water partition coefficient (Wildman–Crippen LogP) is 2.34. The van der Waals surface area contributed by atoms with Crippen LogP contribution in [0.1, 0.15) is 31.2 Å².